The number of allylic oxidation sites excluding steroid dienone is 2. The van der Waals surface area contributed by atoms with Crippen LogP contribution in [0.3, 0.4) is 0 Å². The molecule has 2 aromatic rings. The molecular weight excluding hydrogens is 406 g/mol. The normalized spacial score (nSPS) is 20.9. The number of benzene rings is 2. The minimum atomic E-state index is -0.969. The number of anilines is 1. The van der Waals surface area contributed by atoms with Gasteiger partial charge in [-0.15, -0.1) is 0 Å². The van der Waals surface area contributed by atoms with Gasteiger partial charge in [-0.2, -0.15) is 0 Å². The summed E-state index contributed by atoms with van der Waals surface area (Å²) >= 11 is 3.54. The maximum Gasteiger partial charge on any atom is 0.335 e. The van der Waals surface area contributed by atoms with Crippen molar-refractivity contribution in [2.75, 3.05) is 5.32 Å². The van der Waals surface area contributed by atoms with Crippen LogP contribution in [0.15, 0.2) is 87.3 Å². The molecule has 0 fully saturated rings. The molecule has 4 rings (SSSR count). The zero-order valence-electron chi connectivity index (χ0n) is 14.2. The van der Waals surface area contributed by atoms with Gasteiger partial charge in [-0.05, 0) is 23.8 Å². The Bertz CT molecular complexity index is 1010. The number of carboxylic acids is 1. The molecule has 2 aromatic carbocycles. The molecule has 6 heteroatoms. The zero-order valence-corrected chi connectivity index (χ0v) is 15.8. The van der Waals surface area contributed by atoms with Crippen molar-refractivity contribution < 1.29 is 9.90 Å². The van der Waals surface area contributed by atoms with Gasteiger partial charge in [0, 0.05) is 16.1 Å². The van der Waals surface area contributed by atoms with Crippen molar-refractivity contribution in [1.29, 1.82) is 0 Å². The fraction of sp³-hybridized carbons (Fsp3) is 0.0952. The van der Waals surface area contributed by atoms with Gasteiger partial charge >= 0.3 is 5.97 Å². The Hall–Kier alpha value is -2.99. The lowest BCUT2D eigenvalue weighted by atomic mass is 9.86. The molecular formula is C21H16BrN3O2. The summed E-state index contributed by atoms with van der Waals surface area (Å²) in [6.07, 6.45) is 6.14. The summed E-state index contributed by atoms with van der Waals surface area (Å²) in [6.45, 7) is 0. The van der Waals surface area contributed by atoms with Crippen LogP contribution in [0.4, 0.5) is 5.69 Å². The minimum absolute atomic E-state index is 0.0441. The molecule has 0 spiro atoms. The summed E-state index contributed by atoms with van der Waals surface area (Å²) in [5.74, 6) is -0.459. The van der Waals surface area contributed by atoms with Crippen molar-refractivity contribution in [2.45, 2.75) is 6.04 Å². The van der Waals surface area contributed by atoms with E-state index in [1.54, 1.807) is 24.3 Å². The number of hydrogen-bond donors (Lipinski definition) is 2. The Morgan fingerprint density at radius 3 is 2.70 bits per heavy atom. The number of fused-ring (bicyclic) bond motifs is 1. The van der Waals surface area contributed by atoms with Gasteiger partial charge in [0.2, 0.25) is 5.96 Å². The zero-order chi connectivity index (χ0) is 18.8. The number of aromatic carboxylic acids is 1. The number of hydrogen-bond acceptors (Lipinski definition) is 4. The highest BCUT2D eigenvalue weighted by Crippen LogP contribution is 2.30. The Morgan fingerprint density at radius 1 is 1.11 bits per heavy atom. The largest absolute Gasteiger partial charge is 0.478 e. The molecule has 2 aliphatic rings. The number of carbonyl (C=O) groups is 1. The summed E-state index contributed by atoms with van der Waals surface area (Å²) in [5, 5.41) is 12.3. The summed E-state index contributed by atoms with van der Waals surface area (Å²) < 4.78 is 1.01. The van der Waals surface area contributed by atoms with E-state index in [9.17, 15) is 9.90 Å². The Morgan fingerprint density at radius 2 is 1.93 bits per heavy atom. The third-order valence-electron chi connectivity index (χ3n) is 4.41. The number of nitrogens with zero attached hydrogens (tertiary/aromatic N) is 2. The first-order valence-electron chi connectivity index (χ1n) is 8.48. The van der Waals surface area contributed by atoms with E-state index in [0.29, 0.717) is 11.6 Å². The summed E-state index contributed by atoms with van der Waals surface area (Å²) in [4.78, 5) is 20.6. The summed E-state index contributed by atoms with van der Waals surface area (Å²) in [6, 6.07) is 16.6. The average molecular weight is 422 g/mol. The van der Waals surface area contributed by atoms with Crippen molar-refractivity contribution in [3.05, 3.63) is 88.4 Å². The number of aliphatic imine (C=N–C) groups is 2. The average Bonchev–Trinajstić information content (AvgIpc) is 2.68. The molecule has 2 N–H and O–H groups in total. The van der Waals surface area contributed by atoms with Crippen LogP contribution in [-0.4, -0.2) is 28.8 Å². The van der Waals surface area contributed by atoms with Crippen LogP contribution in [-0.2, 0) is 0 Å². The highest BCUT2D eigenvalue weighted by Gasteiger charge is 2.30. The first-order valence-corrected chi connectivity index (χ1v) is 9.27. The molecule has 0 aromatic heterocycles. The van der Waals surface area contributed by atoms with E-state index in [1.165, 1.54) is 0 Å². The van der Waals surface area contributed by atoms with Gasteiger partial charge in [-0.1, -0.05) is 70.6 Å². The topological polar surface area (TPSA) is 74.0 Å². The second kappa shape index (κ2) is 7.32. The first-order chi connectivity index (χ1) is 13.1. The van der Waals surface area contributed by atoms with Gasteiger partial charge in [0.25, 0.3) is 0 Å². The maximum atomic E-state index is 11.2. The van der Waals surface area contributed by atoms with Gasteiger partial charge in [-0.25, -0.2) is 14.8 Å². The van der Waals surface area contributed by atoms with Crippen LogP contribution in [0, 0.1) is 5.92 Å². The van der Waals surface area contributed by atoms with Crippen molar-refractivity contribution >= 4 is 39.3 Å². The minimum Gasteiger partial charge on any atom is -0.478 e. The second-order valence-electron chi connectivity index (χ2n) is 6.25. The Balaban J connectivity index is 1.71. The highest BCUT2D eigenvalue weighted by molar-refractivity contribution is 9.11. The highest BCUT2D eigenvalue weighted by atomic mass is 79.9. The second-order valence-corrected chi connectivity index (χ2v) is 7.17. The molecule has 27 heavy (non-hydrogen) atoms. The molecule has 1 heterocycles. The van der Waals surface area contributed by atoms with Crippen molar-refractivity contribution in [2.24, 2.45) is 15.9 Å². The number of nitrogens with one attached hydrogen (secondary N) is 1. The van der Waals surface area contributed by atoms with Crippen LogP contribution in [0.2, 0.25) is 0 Å². The number of rotatable bonds is 3. The molecule has 1 aliphatic heterocycles. The Kier molecular flexibility index (Phi) is 4.73. The molecule has 5 nitrogen and oxygen atoms in total. The van der Waals surface area contributed by atoms with Gasteiger partial charge < -0.3 is 10.4 Å². The number of halogens is 1. The molecule has 0 radical (unpaired) electrons. The molecule has 0 bridgehead atoms. The van der Waals surface area contributed by atoms with E-state index in [1.807, 2.05) is 42.5 Å². The van der Waals surface area contributed by atoms with Gasteiger partial charge in [0.1, 0.15) is 0 Å². The van der Waals surface area contributed by atoms with Crippen molar-refractivity contribution in [3.8, 4) is 0 Å². The van der Waals surface area contributed by atoms with E-state index in [-0.39, 0.29) is 17.5 Å². The van der Waals surface area contributed by atoms with E-state index in [2.05, 4.69) is 27.3 Å². The predicted octanol–water partition coefficient (Wildman–Crippen LogP) is 4.49. The standard InChI is InChI=1S/C21H16BrN3O2/c22-15-9-10-18-17(12-15)19(13-5-2-1-3-6-13)25-21(24-18)23-16-8-4-7-14(11-16)20(26)27/h1-12,17-18H,(H,23,24)(H,26,27)/t17-,18+/m1/s1. The van der Waals surface area contributed by atoms with Crippen LogP contribution in [0.5, 0.6) is 0 Å². The van der Waals surface area contributed by atoms with E-state index in [0.717, 1.165) is 15.8 Å². The monoisotopic (exact) mass is 421 g/mol. The maximum absolute atomic E-state index is 11.2. The molecule has 0 amide bonds. The fourth-order valence-electron chi connectivity index (χ4n) is 3.14. The van der Waals surface area contributed by atoms with Crippen LogP contribution < -0.4 is 5.32 Å². The molecule has 0 unspecified atom stereocenters. The van der Waals surface area contributed by atoms with Crippen LogP contribution in [0.1, 0.15) is 15.9 Å². The Labute approximate surface area is 165 Å². The van der Waals surface area contributed by atoms with E-state index < -0.39 is 5.97 Å². The molecule has 134 valence electrons. The van der Waals surface area contributed by atoms with E-state index in [4.69, 9.17) is 9.98 Å². The summed E-state index contributed by atoms with van der Waals surface area (Å²) in [7, 11) is 0. The summed E-state index contributed by atoms with van der Waals surface area (Å²) in [5.41, 5.74) is 2.81. The number of guanidine groups is 1. The first kappa shape index (κ1) is 17.4. The molecule has 1 aliphatic carbocycles. The lowest BCUT2D eigenvalue weighted by Gasteiger charge is -2.28. The van der Waals surface area contributed by atoms with Crippen LogP contribution in [0.25, 0.3) is 0 Å². The molecule has 0 saturated heterocycles. The molecule has 0 saturated carbocycles. The lowest BCUT2D eigenvalue weighted by molar-refractivity contribution is 0.0697. The van der Waals surface area contributed by atoms with Crippen molar-refractivity contribution in [3.63, 3.8) is 0 Å². The smallest absolute Gasteiger partial charge is 0.335 e. The van der Waals surface area contributed by atoms with Gasteiger partial charge in [0.05, 0.1) is 17.3 Å². The van der Waals surface area contributed by atoms with Gasteiger partial charge in [-0.3, -0.25) is 0 Å². The van der Waals surface area contributed by atoms with Crippen molar-refractivity contribution in [1.82, 2.24) is 0 Å². The van der Waals surface area contributed by atoms with E-state index >= 15 is 0 Å². The molecule has 2 atom stereocenters. The number of carboxylic acid groups (broad SMARTS) is 1. The predicted molar refractivity (Wildman–Crippen MR) is 111 cm³/mol. The SMILES string of the molecule is O=C(O)c1cccc(NC2=N[C@H]3C=CC(Br)=C[C@H]3C(c3ccccc3)=N2)c1. The van der Waals surface area contributed by atoms with Gasteiger partial charge in [0.15, 0.2) is 0 Å². The fourth-order valence-corrected chi connectivity index (χ4v) is 3.58. The lowest BCUT2D eigenvalue weighted by Crippen LogP contribution is -2.34. The quantitative estimate of drug-likeness (QED) is 0.766. The third-order valence-corrected chi connectivity index (χ3v) is 4.94. The van der Waals surface area contributed by atoms with Crippen LogP contribution >= 0.6 is 15.9 Å². The third kappa shape index (κ3) is 3.75.